The summed E-state index contributed by atoms with van der Waals surface area (Å²) in [7, 11) is 0. The molecule has 130 valence electrons. The molecule has 2 nitrogen and oxygen atoms in total. The highest BCUT2D eigenvalue weighted by Gasteiger charge is 2.15. The second-order valence-electron chi connectivity index (χ2n) is 5.71. The van der Waals surface area contributed by atoms with Crippen LogP contribution in [0.3, 0.4) is 0 Å². The van der Waals surface area contributed by atoms with Crippen molar-refractivity contribution >= 4 is 35.7 Å². The predicted molar refractivity (Wildman–Crippen MR) is 115 cm³/mol. The summed E-state index contributed by atoms with van der Waals surface area (Å²) in [6.07, 6.45) is 4.25. The number of thiocyanates is 2. The van der Waals surface area contributed by atoms with Gasteiger partial charge in [-0.1, -0.05) is 78.9 Å². The van der Waals surface area contributed by atoms with Gasteiger partial charge >= 0.3 is 0 Å². The van der Waals surface area contributed by atoms with Gasteiger partial charge in [-0.2, -0.15) is 10.5 Å². The van der Waals surface area contributed by atoms with Gasteiger partial charge in [0, 0.05) is 0 Å². The first-order valence-corrected chi connectivity index (χ1v) is 10.1. The first kappa shape index (κ1) is 18.9. The molecule has 0 aliphatic carbocycles. The zero-order valence-electron chi connectivity index (χ0n) is 14.4. The molecule has 0 bridgehead atoms. The Labute approximate surface area is 167 Å². The van der Waals surface area contributed by atoms with E-state index >= 15 is 0 Å². The quantitative estimate of drug-likeness (QED) is 0.469. The molecule has 0 heterocycles. The normalized spacial score (nSPS) is 12.0. The second-order valence-corrected chi connectivity index (χ2v) is 7.79. The van der Waals surface area contributed by atoms with E-state index in [2.05, 4.69) is 41.2 Å². The molecule has 0 N–H and O–H groups in total. The van der Waals surface area contributed by atoms with Crippen LogP contribution in [-0.4, -0.2) is 0 Å². The van der Waals surface area contributed by atoms with Crippen molar-refractivity contribution < 1.29 is 0 Å². The zero-order valence-corrected chi connectivity index (χ0v) is 16.1. The summed E-state index contributed by atoms with van der Waals surface area (Å²) in [5, 5.41) is 24.7. The van der Waals surface area contributed by atoms with E-state index in [0.29, 0.717) is 0 Å². The fourth-order valence-electron chi connectivity index (χ4n) is 2.79. The highest BCUT2D eigenvalue weighted by molar-refractivity contribution is 8.20. The number of rotatable bonds is 5. The van der Waals surface area contributed by atoms with E-state index in [9.17, 15) is 10.5 Å². The molecule has 0 aliphatic heterocycles. The summed E-state index contributed by atoms with van der Waals surface area (Å²) >= 11 is 2.21. The lowest BCUT2D eigenvalue weighted by Crippen LogP contribution is -2.29. The highest BCUT2D eigenvalue weighted by Crippen LogP contribution is 2.36. The molecule has 0 aromatic heterocycles. The molecule has 3 aromatic rings. The molecule has 0 amide bonds. The van der Waals surface area contributed by atoms with Crippen LogP contribution in [-0.2, 0) is 0 Å². The maximum atomic E-state index is 9.18. The molecule has 27 heavy (non-hydrogen) atoms. The van der Waals surface area contributed by atoms with Gasteiger partial charge in [-0.05, 0) is 62.8 Å². The third kappa shape index (κ3) is 5.05. The molecular formula is C23H16N2S2. The second kappa shape index (κ2) is 9.69. The van der Waals surface area contributed by atoms with E-state index in [1.54, 1.807) is 0 Å². The summed E-state index contributed by atoms with van der Waals surface area (Å²) in [6.45, 7) is 0. The summed E-state index contributed by atoms with van der Waals surface area (Å²) in [6, 6.07) is 26.3. The van der Waals surface area contributed by atoms with E-state index < -0.39 is 0 Å². The van der Waals surface area contributed by atoms with E-state index in [-0.39, 0.29) is 4.58 Å². The van der Waals surface area contributed by atoms with Crippen molar-refractivity contribution in [2.45, 2.75) is 4.58 Å². The Hall–Kier alpha value is -2.92. The molecule has 0 atom stereocenters. The third-order valence-corrected chi connectivity index (χ3v) is 5.70. The predicted octanol–water partition coefficient (Wildman–Crippen LogP) is 4.77. The Morgan fingerprint density at radius 3 is 1.78 bits per heavy atom. The standard InChI is InChI=1S/C23H16N2S2/c24-16-26-23(27-17-25)21-13-7-12-20(14-18-8-3-1-4-9-18)22(21)15-19-10-5-2-6-11-19/h1-15,23H. The lowest BCUT2D eigenvalue weighted by molar-refractivity contribution is 1.31. The van der Waals surface area contributed by atoms with E-state index in [0.717, 1.165) is 50.7 Å². The van der Waals surface area contributed by atoms with Gasteiger partial charge in [-0.25, -0.2) is 0 Å². The van der Waals surface area contributed by atoms with Crippen LogP contribution in [0.2, 0.25) is 0 Å². The fourth-order valence-corrected chi connectivity index (χ4v) is 4.10. The zero-order chi connectivity index (χ0) is 18.9. The Balaban J connectivity index is 2.28. The van der Waals surface area contributed by atoms with Crippen molar-refractivity contribution in [3.8, 4) is 10.8 Å². The maximum Gasteiger partial charge on any atom is 0.134 e. The van der Waals surface area contributed by atoms with Crippen molar-refractivity contribution in [2.24, 2.45) is 0 Å². The molecule has 0 fully saturated rings. The topological polar surface area (TPSA) is 47.6 Å². The van der Waals surface area contributed by atoms with Crippen LogP contribution in [0.1, 0.15) is 21.3 Å². The Kier molecular flexibility index (Phi) is 6.77. The largest absolute Gasteiger partial charge is 0.185 e. The van der Waals surface area contributed by atoms with Crippen LogP contribution >= 0.6 is 23.5 Å². The summed E-state index contributed by atoms with van der Waals surface area (Å²) in [5.74, 6) is 0. The van der Waals surface area contributed by atoms with Crippen LogP contribution in [0.25, 0.3) is 12.2 Å². The van der Waals surface area contributed by atoms with Gasteiger partial charge in [0.05, 0.1) is 0 Å². The molecule has 0 spiro atoms. The molecule has 3 aromatic carbocycles. The van der Waals surface area contributed by atoms with Crippen LogP contribution in [0.5, 0.6) is 0 Å². The Morgan fingerprint density at radius 1 is 0.667 bits per heavy atom. The molecule has 0 saturated heterocycles. The van der Waals surface area contributed by atoms with Gasteiger partial charge in [0.1, 0.15) is 15.4 Å². The molecule has 0 saturated carbocycles. The molecule has 3 rings (SSSR count). The molecular weight excluding hydrogens is 368 g/mol. The number of hydrogen-bond acceptors (Lipinski definition) is 4. The number of benzene rings is 3. The first-order valence-electron chi connectivity index (χ1n) is 8.34. The van der Waals surface area contributed by atoms with Crippen LogP contribution in [0, 0.1) is 21.3 Å². The Morgan fingerprint density at radius 2 is 1.22 bits per heavy atom. The van der Waals surface area contributed by atoms with Crippen LogP contribution < -0.4 is 10.4 Å². The van der Waals surface area contributed by atoms with E-state index in [1.807, 2.05) is 60.7 Å². The van der Waals surface area contributed by atoms with Crippen LogP contribution in [0.15, 0.2) is 78.9 Å². The minimum absolute atomic E-state index is 0.265. The SMILES string of the molecule is N#CSC(SC#N)c1cccc(=Cc2ccccc2)c1=Cc1ccccc1. The van der Waals surface area contributed by atoms with Gasteiger partial charge < -0.3 is 0 Å². The maximum absolute atomic E-state index is 9.18. The van der Waals surface area contributed by atoms with Crippen LogP contribution in [0.4, 0.5) is 0 Å². The van der Waals surface area contributed by atoms with E-state index in [1.165, 1.54) is 0 Å². The fraction of sp³-hybridized carbons (Fsp3) is 0.0435. The lowest BCUT2D eigenvalue weighted by Gasteiger charge is -2.10. The smallest absolute Gasteiger partial charge is 0.134 e. The van der Waals surface area contributed by atoms with Crippen molar-refractivity contribution in [1.29, 1.82) is 10.5 Å². The average molecular weight is 385 g/mol. The number of thioether (sulfide) groups is 2. The van der Waals surface area contributed by atoms with Gasteiger partial charge in [0.15, 0.2) is 0 Å². The minimum Gasteiger partial charge on any atom is -0.185 e. The first-order chi connectivity index (χ1) is 13.3. The summed E-state index contributed by atoms with van der Waals surface area (Å²) < 4.78 is -0.265. The third-order valence-electron chi connectivity index (χ3n) is 3.98. The molecule has 0 unspecified atom stereocenters. The summed E-state index contributed by atoms with van der Waals surface area (Å²) in [4.78, 5) is 0. The lowest BCUT2D eigenvalue weighted by atomic mass is 10.1. The van der Waals surface area contributed by atoms with Crippen molar-refractivity contribution in [3.63, 3.8) is 0 Å². The number of hydrogen-bond donors (Lipinski definition) is 0. The Bertz CT molecular complexity index is 1080. The van der Waals surface area contributed by atoms with Gasteiger partial charge in [0.25, 0.3) is 0 Å². The molecule has 0 radical (unpaired) electrons. The monoisotopic (exact) mass is 384 g/mol. The van der Waals surface area contributed by atoms with Gasteiger partial charge in [-0.3, -0.25) is 0 Å². The number of nitriles is 2. The number of nitrogens with zero attached hydrogens (tertiary/aromatic N) is 2. The summed E-state index contributed by atoms with van der Waals surface area (Å²) in [5.41, 5.74) is 3.16. The van der Waals surface area contributed by atoms with Gasteiger partial charge in [-0.15, -0.1) is 0 Å². The molecule has 4 heteroatoms. The van der Waals surface area contributed by atoms with Crippen molar-refractivity contribution in [2.75, 3.05) is 0 Å². The van der Waals surface area contributed by atoms with E-state index in [4.69, 9.17) is 0 Å². The van der Waals surface area contributed by atoms with Crippen molar-refractivity contribution in [1.82, 2.24) is 0 Å². The molecule has 0 aliphatic rings. The average Bonchev–Trinajstić information content (AvgIpc) is 2.71. The minimum atomic E-state index is -0.265. The highest BCUT2D eigenvalue weighted by atomic mass is 32.2. The van der Waals surface area contributed by atoms with Gasteiger partial charge in [0.2, 0.25) is 0 Å². The van der Waals surface area contributed by atoms with Crippen molar-refractivity contribution in [3.05, 3.63) is 106 Å².